The molecule has 0 atom stereocenters. The summed E-state index contributed by atoms with van der Waals surface area (Å²) in [5.74, 6) is 0.824. The number of ether oxygens (including phenoxy) is 1. The summed E-state index contributed by atoms with van der Waals surface area (Å²) in [6.45, 7) is 10.2. The van der Waals surface area contributed by atoms with Crippen molar-refractivity contribution in [3.8, 4) is 5.75 Å². The number of carbonyl (C=O) groups excluding carboxylic acids is 1. The molecular formula is C23H27FN4O2S. The molecule has 164 valence electrons. The number of amides is 1. The number of carbonyl (C=O) groups is 1. The highest BCUT2D eigenvalue weighted by Crippen LogP contribution is 2.25. The molecule has 1 heterocycles. The van der Waals surface area contributed by atoms with Crippen LogP contribution in [0.4, 0.5) is 10.1 Å². The van der Waals surface area contributed by atoms with E-state index in [9.17, 15) is 9.18 Å². The van der Waals surface area contributed by atoms with Gasteiger partial charge in [-0.05, 0) is 63.9 Å². The second kappa shape index (κ2) is 9.96. The van der Waals surface area contributed by atoms with Crippen LogP contribution in [0.5, 0.6) is 5.75 Å². The number of aryl methyl sites for hydroxylation is 3. The largest absolute Gasteiger partial charge is 0.485 e. The zero-order chi connectivity index (χ0) is 22.5. The third-order valence-electron chi connectivity index (χ3n) is 4.67. The predicted octanol–water partition coefficient (Wildman–Crippen LogP) is 5.23. The number of hydrogen-bond acceptors (Lipinski definition) is 5. The van der Waals surface area contributed by atoms with Crippen LogP contribution in [0, 0.1) is 26.6 Å². The zero-order valence-electron chi connectivity index (χ0n) is 18.4. The molecule has 3 rings (SSSR count). The first-order valence-corrected chi connectivity index (χ1v) is 11.1. The van der Waals surface area contributed by atoms with Gasteiger partial charge in [0.25, 0.3) is 0 Å². The van der Waals surface area contributed by atoms with E-state index >= 15 is 0 Å². The fraction of sp³-hybridized carbons (Fsp3) is 0.348. The van der Waals surface area contributed by atoms with E-state index in [1.807, 2.05) is 44.4 Å². The lowest BCUT2D eigenvalue weighted by Crippen LogP contribution is -2.16. The van der Waals surface area contributed by atoms with Gasteiger partial charge in [-0.25, -0.2) is 4.39 Å². The number of halogens is 1. The Morgan fingerprint density at radius 1 is 1.13 bits per heavy atom. The molecule has 0 aliphatic heterocycles. The van der Waals surface area contributed by atoms with Crippen LogP contribution in [0.3, 0.4) is 0 Å². The first-order valence-electron chi connectivity index (χ1n) is 10.1. The molecule has 0 saturated carbocycles. The summed E-state index contributed by atoms with van der Waals surface area (Å²) >= 11 is 1.26. The highest BCUT2D eigenvalue weighted by atomic mass is 32.2. The number of aromatic nitrogens is 3. The van der Waals surface area contributed by atoms with Gasteiger partial charge >= 0.3 is 0 Å². The molecule has 0 unspecified atom stereocenters. The number of nitrogens with one attached hydrogen (secondary N) is 1. The van der Waals surface area contributed by atoms with Crippen molar-refractivity contribution in [3.63, 3.8) is 0 Å². The summed E-state index contributed by atoms with van der Waals surface area (Å²) in [6, 6.07) is 10.8. The van der Waals surface area contributed by atoms with Gasteiger partial charge in [0.1, 0.15) is 18.2 Å². The summed E-state index contributed by atoms with van der Waals surface area (Å²) in [5, 5.41) is 11.7. The number of rotatable bonds is 8. The van der Waals surface area contributed by atoms with Crippen LogP contribution in [0.2, 0.25) is 0 Å². The average molecular weight is 443 g/mol. The molecule has 0 aliphatic rings. The normalized spacial score (nSPS) is 11.1. The van der Waals surface area contributed by atoms with Crippen LogP contribution in [-0.2, 0) is 11.4 Å². The fourth-order valence-corrected chi connectivity index (χ4v) is 4.05. The monoisotopic (exact) mass is 442 g/mol. The van der Waals surface area contributed by atoms with Crippen LogP contribution in [0.15, 0.2) is 41.6 Å². The molecule has 1 aromatic heterocycles. The number of anilines is 1. The van der Waals surface area contributed by atoms with Crippen molar-refractivity contribution in [1.29, 1.82) is 0 Å². The van der Waals surface area contributed by atoms with Gasteiger partial charge in [0.15, 0.2) is 11.0 Å². The van der Waals surface area contributed by atoms with Crippen molar-refractivity contribution in [3.05, 3.63) is 64.7 Å². The van der Waals surface area contributed by atoms with Crippen LogP contribution in [0.25, 0.3) is 0 Å². The molecule has 0 bridgehead atoms. The molecule has 6 nitrogen and oxygen atoms in total. The summed E-state index contributed by atoms with van der Waals surface area (Å²) in [5.41, 5.74) is 3.21. The first-order chi connectivity index (χ1) is 14.7. The number of thioether (sulfide) groups is 1. The Kier molecular flexibility index (Phi) is 7.33. The third-order valence-corrected chi connectivity index (χ3v) is 5.61. The number of nitrogens with zero attached hydrogens (tertiary/aromatic N) is 3. The van der Waals surface area contributed by atoms with E-state index in [1.165, 1.54) is 23.4 Å². The van der Waals surface area contributed by atoms with E-state index in [-0.39, 0.29) is 30.0 Å². The minimum Gasteiger partial charge on any atom is -0.485 e. The molecule has 0 fully saturated rings. The number of benzene rings is 2. The second-order valence-electron chi connectivity index (χ2n) is 7.74. The lowest BCUT2D eigenvalue weighted by Gasteiger charge is -2.15. The van der Waals surface area contributed by atoms with Crippen molar-refractivity contribution in [2.45, 2.75) is 52.4 Å². The molecule has 31 heavy (non-hydrogen) atoms. The zero-order valence-corrected chi connectivity index (χ0v) is 19.2. The van der Waals surface area contributed by atoms with E-state index in [4.69, 9.17) is 4.74 Å². The Morgan fingerprint density at radius 2 is 1.84 bits per heavy atom. The van der Waals surface area contributed by atoms with Crippen LogP contribution in [0.1, 0.15) is 42.4 Å². The molecular weight excluding hydrogens is 415 g/mol. The number of hydrogen-bond donors (Lipinski definition) is 1. The molecule has 0 saturated heterocycles. The Balaban J connectivity index is 1.65. The standard InChI is InChI=1S/C23H27FN4O2S/c1-14(2)28-21(12-30-20-9-7-15(3)10-17(20)5)26-27-23(28)31-13-22(29)25-19-8-6-16(4)11-18(19)24/h6-11,14H,12-13H2,1-5H3,(H,25,29). The SMILES string of the molecule is Cc1ccc(OCc2nnc(SCC(=O)Nc3ccc(C)cc3F)n2C(C)C)c(C)c1. The smallest absolute Gasteiger partial charge is 0.234 e. The van der Waals surface area contributed by atoms with Gasteiger partial charge in [-0.15, -0.1) is 10.2 Å². The third kappa shape index (κ3) is 5.85. The van der Waals surface area contributed by atoms with Crippen molar-refractivity contribution in [2.24, 2.45) is 0 Å². The fourth-order valence-electron chi connectivity index (χ4n) is 3.16. The van der Waals surface area contributed by atoms with Crippen molar-refractivity contribution < 1.29 is 13.9 Å². The Bertz CT molecular complexity index is 1080. The maximum Gasteiger partial charge on any atom is 0.234 e. The minimum absolute atomic E-state index is 0.0906. The van der Waals surface area contributed by atoms with Crippen LogP contribution in [-0.4, -0.2) is 26.4 Å². The molecule has 2 aromatic carbocycles. The second-order valence-corrected chi connectivity index (χ2v) is 8.68. The Hall–Kier alpha value is -2.87. The molecule has 1 amide bonds. The summed E-state index contributed by atoms with van der Waals surface area (Å²) < 4.78 is 21.9. The summed E-state index contributed by atoms with van der Waals surface area (Å²) in [4.78, 5) is 12.3. The lowest BCUT2D eigenvalue weighted by atomic mass is 10.1. The molecule has 8 heteroatoms. The maximum atomic E-state index is 14.0. The van der Waals surface area contributed by atoms with E-state index in [0.717, 1.165) is 16.9 Å². The topological polar surface area (TPSA) is 69.0 Å². The van der Waals surface area contributed by atoms with Crippen molar-refractivity contribution in [1.82, 2.24) is 14.8 Å². The van der Waals surface area contributed by atoms with Gasteiger partial charge in [-0.1, -0.05) is 35.5 Å². The molecule has 3 aromatic rings. The van der Waals surface area contributed by atoms with E-state index in [2.05, 4.69) is 21.6 Å². The lowest BCUT2D eigenvalue weighted by molar-refractivity contribution is -0.113. The van der Waals surface area contributed by atoms with Gasteiger partial charge in [0, 0.05) is 6.04 Å². The van der Waals surface area contributed by atoms with E-state index in [1.54, 1.807) is 19.1 Å². The minimum atomic E-state index is -0.450. The summed E-state index contributed by atoms with van der Waals surface area (Å²) in [6.07, 6.45) is 0. The quantitative estimate of drug-likeness (QED) is 0.484. The van der Waals surface area contributed by atoms with Crippen molar-refractivity contribution >= 4 is 23.4 Å². The van der Waals surface area contributed by atoms with Gasteiger partial charge in [0.2, 0.25) is 5.91 Å². The van der Waals surface area contributed by atoms with Crippen LogP contribution < -0.4 is 10.1 Å². The highest BCUT2D eigenvalue weighted by molar-refractivity contribution is 7.99. The molecule has 1 N–H and O–H groups in total. The highest BCUT2D eigenvalue weighted by Gasteiger charge is 2.18. The maximum absolute atomic E-state index is 14.0. The Morgan fingerprint density at radius 3 is 2.52 bits per heavy atom. The molecule has 0 aliphatic carbocycles. The average Bonchev–Trinajstić information content (AvgIpc) is 3.11. The summed E-state index contributed by atoms with van der Waals surface area (Å²) in [7, 11) is 0. The molecule has 0 spiro atoms. The molecule has 0 radical (unpaired) electrons. The van der Waals surface area contributed by atoms with Crippen LogP contribution >= 0.6 is 11.8 Å². The van der Waals surface area contributed by atoms with Crippen molar-refractivity contribution in [2.75, 3.05) is 11.1 Å². The van der Waals surface area contributed by atoms with Gasteiger partial charge in [0.05, 0.1) is 11.4 Å². The first kappa shape index (κ1) is 22.8. The predicted molar refractivity (Wildman–Crippen MR) is 121 cm³/mol. The Labute approximate surface area is 186 Å². The van der Waals surface area contributed by atoms with Gasteiger partial charge < -0.3 is 14.6 Å². The van der Waals surface area contributed by atoms with E-state index in [0.29, 0.717) is 11.0 Å². The van der Waals surface area contributed by atoms with Gasteiger partial charge in [-0.3, -0.25) is 4.79 Å². The van der Waals surface area contributed by atoms with Gasteiger partial charge in [-0.2, -0.15) is 0 Å². The van der Waals surface area contributed by atoms with E-state index < -0.39 is 5.82 Å².